The van der Waals surface area contributed by atoms with Gasteiger partial charge in [-0.05, 0) is 74.7 Å². The number of hydrogen-bond donors (Lipinski definition) is 2. The quantitative estimate of drug-likeness (QED) is 0.674. The summed E-state index contributed by atoms with van der Waals surface area (Å²) in [6.07, 6.45) is 0. The van der Waals surface area contributed by atoms with Gasteiger partial charge in [0.1, 0.15) is 0 Å². The zero-order chi connectivity index (χ0) is 14.9. The fourth-order valence-electron chi connectivity index (χ4n) is 1.74. The maximum atomic E-state index is 12.3. The Morgan fingerprint density at radius 3 is 2.35 bits per heavy atom. The highest BCUT2D eigenvalue weighted by Gasteiger charge is 2.14. The molecule has 0 bridgehead atoms. The largest absolute Gasteiger partial charge is 0.398 e. The monoisotopic (exact) mass is 416 g/mol. The molecule has 0 atom stereocenters. The third kappa shape index (κ3) is 3.34. The molecule has 2 aromatic carbocycles. The summed E-state index contributed by atoms with van der Waals surface area (Å²) in [5.74, 6) is -0.288. The van der Waals surface area contributed by atoms with Crippen LogP contribution in [0.4, 0.5) is 11.4 Å². The van der Waals surface area contributed by atoms with Crippen molar-refractivity contribution < 1.29 is 4.79 Å². The van der Waals surface area contributed by atoms with Crippen molar-refractivity contribution in [1.82, 2.24) is 0 Å². The number of carbonyl (C=O) groups excluding carboxylic acids is 1. The number of anilines is 2. The van der Waals surface area contributed by atoms with Gasteiger partial charge >= 0.3 is 0 Å². The van der Waals surface area contributed by atoms with Gasteiger partial charge in [0.2, 0.25) is 0 Å². The van der Waals surface area contributed by atoms with E-state index in [1.807, 2.05) is 19.1 Å². The van der Waals surface area contributed by atoms with Crippen LogP contribution in [0.25, 0.3) is 0 Å². The molecule has 0 unspecified atom stereocenters. The number of nitrogens with one attached hydrogen (secondary N) is 1. The van der Waals surface area contributed by atoms with E-state index in [4.69, 9.17) is 17.3 Å². The molecule has 0 aromatic heterocycles. The lowest BCUT2D eigenvalue weighted by Gasteiger charge is -2.12. The van der Waals surface area contributed by atoms with Crippen LogP contribution in [0.5, 0.6) is 0 Å². The van der Waals surface area contributed by atoms with Crippen LogP contribution in [-0.4, -0.2) is 5.91 Å². The first-order valence-corrected chi connectivity index (χ1v) is 7.67. The summed E-state index contributed by atoms with van der Waals surface area (Å²) < 4.78 is 1.59. The third-order valence-electron chi connectivity index (χ3n) is 2.68. The van der Waals surface area contributed by atoms with E-state index in [9.17, 15) is 4.79 Å². The van der Waals surface area contributed by atoms with Crippen LogP contribution >= 0.6 is 43.5 Å². The van der Waals surface area contributed by atoms with Gasteiger partial charge in [-0.15, -0.1) is 0 Å². The maximum Gasteiger partial charge on any atom is 0.257 e. The van der Waals surface area contributed by atoms with Gasteiger partial charge in [-0.1, -0.05) is 11.6 Å². The second-order valence-electron chi connectivity index (χ2n) is 4.29. The van der Waals surface area contributed by atoms with Gasteiger partial charge in [-0.25, -0.2) is 0 Å². The Hall–Kier alpha value is -1.04. The Morgan fingerprint density at radius 2 is 1.80 bits per heavy atom. The van der Waals surface area contributed by atoms with Crippen molar-refractivity contribution in [2.75, 3.05) is 11.1 Å². The van der Waals surface area contributed by atoms with Crippen molar-refractivity contribution in [3.05, 3.63) is 55.4 Å². The molecule has 3 N–H and O–H groups in total. The summed E-state index contributed by atoms with van der Waals surface area (Å²) in [5.41, 5.74) is 8.27. The molecule has 0 fully saturated rings. The van der Waals surface area contributed by atoms with Crippen LogP contribution in [0.1, 0.15) is 15.9 Å². The van der Waals surface area contributed by atoms with E-state index in [-0.39, 0.29) is 5.91 Å². The second kappa shape index (κ2) is 6.16. The molecule has 1 amide bonds. The Labute approximate surface area is 138 Å². The van der Waals surface area contributed by atoms with Crippen molar-refractivity contribution in [3.63, 3.8) is 0 Å². The average molecular weight is 419 g/mol. The summed E-state index contributed by atoms with van der Waals surface area (Å²) in [5, 5.41) is 3.32. The Kier molecular flexibility index (Phi) is 4.73. The van der Waals surface area contributed by atoms with E-state index < -0.39 is 0 Å². The highest BCUT2D eigenvalue weighted by atomic mass is 79.9. The topological polar surface area (TPSA) is 55.1 Å². The lowest BCUT2D eigenvalue weighted by molar-refractivity contribution is 0.102. The number of rotatable bonds is 2. The van der Waals surface area contributed by atoms with Gasteiger partial charge < -0.3 is 11.1 Å². The van der Waals surface area contributed by atoms with Gasteiger partial charge in [-0.3, -0.25) is 4.79 Å². The number of amides is 1. The van der Waals surface area contributed by atoms with Crippen LogP contribution in [0.2, 0.25) is 5.02 Å². The SMILES string of the molecule is Cc1cc(Br)c(NC(=O)c2ccc(Cl)cc2N)c(Br)c1. The van der Waals surface area contributed by atoms with Gasteiger partial charge in [0, 0.05) is 19.7 Å². The van der Waals surface area contributed by atoms with Gasteiger partial charge in [0.15, 0.2) is 0 Å². The molecule has 0 aliphatic carbocycles. The first-order chi connectivity index (χ1) is 9.38. The van der Waals surface area contributed by atoms with Crippen molar-refractivity contribution in [3.8, 4) is 0 Å². The molecule has 0 radical (unpaired) electrons. The number of aryl methyl sites for hydroxylation is 1. The summed E-state index contributed by atoms with van der Waals surface area (Å²) >= 11 is 12.7. The minimum Gasteiger partial charge on any atom is -0.398 e. The number of halogens is 3. The van der Waals surface area contributed by atoms with Crippen LogP contribution in [0.15, 0.2) is 39.3 Å². The van der Waals surface area contributed by atoms with Crippen molar-refractivity contribution in [2.24, 2.45) is 0 Å². The number of nitrogen functional groups attached to an aromatic ring is 1. The van der Waals surface area contributed by atoms with Crippen molar-refractivity contribution in [2.45, 2.75) is 6.92 Å². The third-order valence-corrected chi connectivity index (χ3v) is 4.17. The Bertz CT molecular complexity index is 666. The molecule has 0 saturated heterocycles. The van der Waals surface area contributed by atoms with E-state index >= 15 is 0 Å². The van der Waals surface area contributed by atoms with E-state index in [0.717, 1.165) is 14.5 Å². The van der Waals surface area contributed by atoms with Crippen LogP contribution in [0, 0.1) is 6.92 Å². The van der Waals surface area contributed by atoms with E-state index in [1.165, 1.54) is 0 Å². The minimum absolute atomic E-state index is 0.288. The number of benzene rings is 2. The average Bonchev–Trinajstić information content (AvgIpc) is 2.33. The van der Waals surface area contributed by atoms with Crippen LogP contribution in [-0.2, 0) is 0 Å². The molecule has 3 nitrogen and oxygen atoms in total. The first kappa shape index (κ1) is 15.4. The Balaban J connectivity index is 2.33. The summed E-state index contributed by atoms with van der Waals surface area (Å²) in [7, 11) is 0. The van der Waals surface area contributed by atoms with E-state index in [1.54, 1.807) is 18.2 Å². The smallest absolute Gasteiger partial charge is 0.257 e. The number of hydrogen-bond acceptors (Lipinski definition) is 2. The molecule has 104 valence electrons. The lowest BCUT2D eigenvalue weighted by atomic mass is 10.1. The lowest BCUT2D eigenvalue weighted by Crippen LogP contribution is -2.14. The highest BCUT2D eigenvalue weighted by molar-refractivity contribution is 9.11. The zero-order valence-electron chi connectivity index (χ0n) is 10.5. The fraction of sp³-hybridized carbons (Fsp3) is 0.0714. The van der Waals surface area contributed by atoms with Gasteiger partial charge in [0.25, 0.3) is 5.91 Å². The highest BCUT2D eigenvalue weighted by Crippen LogP contribution is 2.33. The normalized spacial score (nSPS) is 10.4. The predicted octanol–water partition coefficient (Wildman–Crippen LogP) is 5.01. The van der Waals surface area contributed by atoms with Crippen molar-refractivity contribution >= 4 is 60.7 Å². The molecule has 6 heteroatoms. The van der Waals surface area contributed by atoms with Gasteiger partial charge in [0.05, 0.1) is 11.3 Å². The minimum atomic E-state index is -0.288. The number of nitrogens with two attached hydrogens (primary N) is 1. The van der Waals surface area contributed by atoms with Crippen LogP contribution < -0.4 is 11.1 Å². The maximum absolute atomic E-state index is 12.3. The molecule has 0 saturated carbocycles. The van der Waals surface area contributed by atoms with Crippen LogP contribution in [0.3, 0.4) is 0 Å². The van der Waals surface area contributed by atoms with E-state index in [2.05, 4.69) is 37.2 Å². The van der Waals surface area contributed by atoms with Gasteiger partial charge in [-0.2, -0.15) is 0 Å². The molecule has 20 heavy (non-hydrogen) atoms. The molecule has 0 aliphatic heterocycles. The summed E-state index contributed by atoms with van der Waals surface area (Å²) in [6.45, 7) is 1.97. The first-order valence-electron chi connectivity index (χ1n) is 5.70. The molecule has 2 rings (SSSR count). The van der Waals surface area contributed by atoms with Crippen molar-refractivity contribution in [1.29, 1.82) is 0 Å². The predicted molar refractivity (Wildman–Crippen MR) is 90.4 cm³/mol. The molecule has 0 heterocycles. The fourth-order valence-corrected chi connectivity index (χ4v) is 3.53. The van der Waals surface area contributed by atoms with E-state index in [0.29, 0.717) is 22.0 Å². The summed E-state index contributed by atoms with van der Waals surface area (Å²) in [4.78, 5) is 12.3. The zero-order valence-corrected chi connectivity index (χ0v) is 14.4. The molecular formula is C14H11Br2ClN2O. The standard InChI is InChI=1S/C14H11Br2ClN2O/c1-7-4-10(15)13(11(16)5-7)19-14(20)9-3-2-8(17)6-12(9)18/h2-6H,18H2,1H3,(H,19,20). The molecule has 0 aliphatic rings. The second-order valence-corrected chi connectivity index (χ2v) is 6.43. The molecule has 2 aromatic rings. The molecule has 0 spiro atoms. The summed E-state index contributed by atoms with van der Waals surface area (Å²) in [6, 6.07) is 8.63. The number of carbonyl (C=O) groups is 1. The Morgan fingerprint density at radius 1 is 1.20 bits per heavy atom. The molecular weight excluding hydrogens is 407 g/mol.